The summed E-state index contributed by atoms with van der Waals surface area (Å²) in [6, 6.07) is 10.7. The lowest BCUT2D eigenvalue weighted by Crippen LogP contribution is -2.22. The summed E-state index contributed by atoms with van der Waals surface area (Å²) in [5.74, 6) is 0.134. The Kier molecular flexibility index (Phi) is 32.8. The predicted octanol–water partition coefficient (Wildman–Crippen LogP) is 14.5. The fourth-order valence-electron chi connectivity index (χ4n) is 7.13. The van der Waals surface area contributed by atoms with E-state index in [4.69, 9.17) is 9.47 Å². The molecule has 0 aliphatic carbocycles. The summed E-state index contributed by atoms with van der Waals surface area (Å²) in [4.78, 5) is 24.9. The second-order valence-corrected chi connectivity index (χ2v) is 15.5. The van der Waals surface area contributed by atoms with E-state index in [1.807, 2.05) is 6.92 Å². The number of carbonyl (C=O) groups excluding carboxylic acids is 2. The van der Waals surface area contributed by atoms with Crippen LogP contribution < -0.4 is 0 Å². The molecule has 0 spiro atoms. The van der Waals surface area contributed by atoms with Crippen molar-refractivity contribution in [1.29, 1.82) is 0 Å². The van der Waals surface area contributed by atoms with Crippen LogP contribution in [-0.4, -0.2) is 24.6 Å². The SMILES string of the molecule is CCCCCCCCCCCCCCCCCC(=O)OC(C)COC(=O)CCC(CCCCCCCCCCCCCC)Cc1ccccc1. The molecular weight excluding hydrogens is 617 g/mol. The average Bonchev–Trinajstić information content (AvgIpc) is 3.12. The van der Waals surface area contributed by atoms with Crippen LogP contribution in [0.5, 0.6) is 0 Å². The van der Waals surface area contributed by atoms with Crippen LogP contribution in [0, 0.1) is 5.92 Å². The number of benzene rings is 1. The number of rotatable bonds is 37. The van der Waals surface area contributed by atoms with Gasteiger partial charge in [-0.25, -0.2) is 0 Å². The first-order valence-corrected chi connectivity index (χ1v) is 21.9. The molecule has 1 aromatic rings. The van der Waals surface area contributed by atoms with Crippen LogP contribution in [0.2, 0.25) is 0 Å². The van der Waals surface area contributed by atoms with Crippen LogP contribution in [0.15, 0.2) is 30.3 Å². The second-order valence-electron chi connectivity index (χ2n) is 15.5. The van der Waals surface area contributed by atoms with Gasteiger partial charge >= 0.3 is 11.9 Å². The lowest BCUT2D eigenvalue weighted by atomic mass is 9.89. The van der Waals surface area contributed by atoms with Gasteiger partial charge in [0.1, 0.15) is 12.7 Å². The first-order chi connectivity index (χ1) is 24.5. The molecule has 0 aliphatic heterocycles. The standard InChI is InChI=1S/C46H82O4/c1-4-6-8-10-12-14-16-18-19-20-22-24-26-28-33-37-46(48)50-42(3)41-49-45(47)39-38-44(40-43-34-31-29-32-35-43)36-30-27-25-23-21-17-15-13-11-9-7-5-2/h29,31-32,34-35,42,44H,4-28,30,33,36-41H2,1-3H3. The highest BCUT2D eigenvalue weighted by molar-refractivity contribution is 5.70. The third kappa shape index (κ3) is 30.9. The quantitative estimate of drug-likeness (QED) is 0.0513. The van der Waals surface area contributed by atoms with E-state index in [-0.39, 0.29) is 18.5 Å². The van der Waals surface area contributed by atoms with E-state index in [0.29, 0.717) is 18.8 Å². The molecule has 0 radical (unpaired) electrons. The molecule has 0 bridgehead atoms. The minimum Gasteiger partial charge on any atom is -0.462 e. The normalized spacial score (nSPS) is 12.5. The lowest BCUT2D eigenvalue weighted by Gasteiger charge is -2.18. The van der Waals surface area contributed by atoms with Crippen molar-refractivity contribution < 1.29 is 19.1 Å². The van der Waals surface area contributed by atoms with Crippen molar-refractivity contribution in [3.05, 3.63) is 35.9 Å². The maximum absolute atomic E-state index is 12.6. The van der Waals surface area contributed by atoms with Gasteiger partial charge in [-0.3, -0.25) is 9.59 Å². The number of hydrogen-bond acceptors (Lipinski definition) is 4. The molecule has 4 heteroatoms. The molecule has 4 nitrogen and oxygen atoms in total. The van der Waals surface area contributed by atoms with Gasteiger partial charge in [-0.15, -0.1) is 0 Å². The summed E-state index contributed by atoms with van der Waals surface area (Å²) in [7, 11) is 0. The summed E-state index contributed by atoms with van der Waals surface area (Å²) < 4.78 is 11.1. The Labute approximate surface area is 311 Å². The van der Waals surface area contributed by atoms with Gasteiger partial charge in [0.15, 0.2) is 0 Å². The summed E-state index contributed by atoms with van der Waals surface area (Å²) in [5, 5.41) is 0. The molecule has 1 aromatic carbocycles. The fourth-order valence-corrected chi connectivity index (χ4v) is 7.13. The Morgan fingerprint density at radius 1 is 0.500 bits per heavy atom. The highest BCUT2D eigenvalue weighted by Crippen LogP contribution is 2.22. The Morgan fingerprint density at radius 3 is 1.38 bits per heavy atom. The minimum atomic E-state index is -0.399. The maximum atomic E-state index is 12.6. The zero-order chi connectivity index (χ0) is 36.2. The number of unbranched alkanes of at least 4 members (excludes halogenated alkanes) is 25. The first kappa shape index (κ1) is 46.2. The topological polar surface area (TPSA) is 52.6 Å². The molecule has 290 valence electrons. The molecule has 2 atom stereocenters. The molecule has 2 unspecified atom stereocenters. The van der Waals surface area contributed by atoms with Gasteiger partial charge in [-0.1, -0.05) is 218 Å². The first-order valence-electron chi connectivity index (χ1n) is 21.9. The number of esters is 2. The second kappa shape index (κ2) is 35.6. The van der Waals surface area contributed by atoms with Gasteiger partial charge in [-0.05, 0) is 37.7 Å². The highest BCUT2D eigenvalue weighted by Gasteiger charge is 2.16. The summed E-state index contributed by atoms with van der Waals surface area (Å²) in [6.07, 6.45) is 39.5. The molecule has 1 rings (SSSR count). The number of carbonyl (C=O) groups is 2. The zero-order valence-electron chi connectivity index (χ0n) is 33.5. The van der Waals surface area contributed by atoms with Gasteiger partial charge in [0.05, 0.1) is 0 Å². The van der Waals surface area contributed by atoms with E-state index >= 15 is 0 Å². The Morgan fingerprint density at radius 2 is 0.920 bits per heavy atom. The van der Waals surface area contributed by atoms with Crippen molar-refractivity contribution in [1.82, 2.24) is 0 Å². The number of ether oxygens (including phenoxy) is 2. The highest BCUT2D eigenvalue weighted by atomic mass is 16.6. The monoisotopic (exact) mass is 699 g/mol. The fraction of sp³-hybridized carbons (Fsp3) is 0.826. The van der Waals surface area contributed by atoms with Gasteiger partial charge in [0.25, 0.3) is 0 Å². The van der Waals surface area contributed by atoms with Crippen molar-refractivity contribution in [3.8, 4) is 0 Å². The van der Waals surface area contributed by atoms with Crippen molar-refractivity contribution in [2.45, 2.75) is 232 Å². The number of hydrogen-bond donors (Lipinski definition) is 0. The van der Waals surface area contributed by atoms with Gasteiger partial charge in [0, 0.05) is 12.8 Å². The zero-order valence-corrected chi connectivity index (χ0v) is 33.5. The summed E-state index contributed by atoms with van der Waals surface area (Å²) >= 11 is 0. The summed E-state index contributed by atoms with van der Waals surface area (Å²) in [5.41, 5.74) is 1.35. The smallest absolute Gasteiger partial charge is 0.306 e. The van der Waals surface area contributed by atoms with Crippen molar-refractivity contribution in [2.75, 3.05) is 6.61 Å². The van der Waals surface area contributed by atoms with Crippen LogP contribution in [0.3, 0.4) is 0 Å². The molecule has 0 N–H and O–H groups in total. The molecule has 0 heterocycles. The molecule has 0 aromatic heterocycles. The molecule has 0 saturated carbocycles. The molecule has 0 saturated heterocycles. The molecule has 50 heavy (non-hydrogen) atoms. The molecule has 0 aliphatic rings. The molecule has 0 fully saturated rings. The molecule has 0 amide bonds. The summed E-state index contributed by atoms with van der Waals surface area (Å²) in [6.45, 7) is 6.53. The van der Waals surface area contributed by atoms with E-state index in [2.05, 4.69) is 44.2 Å². The van der Waals surface area contributed by atoms with Crippen LogP contribution in [-0.2, 0) is 25.5 Å². The largest absolute Gasteiger partial charge is 0.462 e. The average molecular weight is 699 g/mol. The van der Waals surface area contributed by atoms with E-state index in [9.17, 15) is 9.59 Å². The van der Waals surface area contributed by atoms with Crippen LogP contribution in [0.4, 0.5) is 0 Å². The van der Waals surface area contributed by atoms with Crippen molar-refractivity contribution in [2.24, 2.45) is 5.92 Å². The third-order valence-electron chi connectivity index (χ3n) is 10.4. The van der Waals surface area contributed by atoms with Crippen molar-refractivity contribution >= 4 is 11.9 Å². The lowest BCUT2D eigenvalue weighted by molar-refractivity contribution is -0.158. The Hall–Kier alpha value is -1.84. The molecular formula is C46H82O4. The van der Waals surface area contributed by atoms with E-state index < -0.39 is 6.10 Å². The Bertz CT molecular complexity index is 868. The minimum absolute atomic E-state index is 0.144. The van der Waals surface area contributed by atoms with Crippen LogP contribution in [0.1, 0.15) is 225 Å². The van der Waals surface area contributed by atoms with E-state index in [1.54, 1.807) is 0 Å². The third-order valence-corrected chi connectivity index (χ3v) is 10.4. The van der Waals surface area contributed by atoms with Gasteiger partial charge < -0.3 is 9.47 Å². The van der Waals surface area contributed by atoms with E-state index in [0.717, 1.165) is 32.1 Å². The maximum Gasteiger partial charge on any atom is 0.306 e. The van der Waals surface area contributed by atoms with Crippen molar-refractivity contribution in [3.63, 3.8) is 0 Å². The van der Waals surface area contributed by atoms with Crippen LogP contribution in [0.25, 0.3) is 0 Å². The predicted molar refractivity (Wildman–Crippen MR) is 215 cm³/mol. The van der Waals surface area contributed by atoms with Gasteiger partial charge in [-0.2, -0.15) is 0 Å². The van der Waals surface area contributed by atoms with E-state index in [1.165, 1.54) is 166 Å². The van der Waals surface area contributed by atoms with Crippen LogP contribution >= 0.6 is 0 Å². The Balaban J connectivity index is 2.10. The van der Waals surface area contributed by atoms with Gasteiger partial charge in [0.2, 0.25) is 0 Å².